The molecule has 1 aromatic carbocycles. The number of likely N-dealkylation sites (N-methyl/N-ethyl adjacent to an activating group) is 1. The van der Waals surface area contributed by atoms with Crippen LogP contribution >= 0.6 is 0 Å². The molecule has 0 atom stereocenters. The number of carbonyl (C=O) groups excluding carboxylic acids is 3. The van der Waals surface area contributed by atoms with E-state index in [9.17, 15) is 14.4 Å². The third-order valence-corrected chi connectivity index (χ3v) is 5.05. The van der Waals surface area contributed by atoms with Crippen molar-refractivity contribution in [3.8, 4) is 0 Å². The van der Waals surface area contributed by atoms with Gasteiger partial charge in [-0.3, -0.25) is 19.3 Å². The highest BCUT2D eigenvalue weighted by Crippen LogP contribution is 2.19. The van der Waals surface area contributed by atoms with Gasteiger partial charge in [0.2, 0.25) is 11.8 Å². The number of nitrogens with one attached hydrogen (secondary N) is 1. The molecule has 0 saturated carbocycles. The smallest absolute Gasteiger partial charge is 0.309 e. The highest BCUT2D eigenvalue weighted by atomic mass is 16.5. The fraction of sp³-hybridized carbons (Fsp3) is 0.571. The number of hydrogen-bond acceptors (Lipinski definition) is 5. The third kappa shape index (κ3) is 6.34. The summed E-state index contributed by atoms with van der Waals surface area (Å²) in [4.78, 5) is 40.0. The van der Waals surface area contributed by atoms with Crippen molar-refractivity contribution in [3.63, 3.8) is 0 Å². The fourth-order valence-electron chi connectivity index (χ4n) is 3.34. The van der Waals surface area contributed by atoms with E-state index in [1.807, 2.05) is 36.1 Å². The van der Waals surface area contributed by atoms with Crippen LogP contribution < -0.4 is 5.32 Å². The van der Waals surface area contributed by atoms with Crippen LogP contribution in [-0.2, 0) is 25.5 Å². The first-order chi connectivity index (χ1) is 13.4. The molecule has 1 aromatic rings. The number of rotatable bonds is 8. The van der Waals surface area contributed by atoms with Crippen molar-refractivity contribution in [2.24, 2.45) is 5.92 Å². The third-order valence-electron chi connectivity index (χ3n) is 5.05. The fourth-order valence-corrected chi connectivity index (χ4v) is 3.34. The molecule has 2 rings (SSSR count). The van der Waals surface area contributed by atoms with Crippen molar-refractivity contribution in [1.29, 1.82) is 0 Å². The minimum Gasteiger partial charge on any atom is -0.466 e. The van der Waals surface area contributed by atoms with Gasteiger partial charge in [0.1, 0.15) is 0 Å². The molecule has 1 N–H and O–H groups in total. The summed E-state index contributed by atoms with van der Waals surface area (Å²) in [6, 6.07) is 7.66. The largest absolute Gasteiger partial charge is 0.466 e. The molecule has 7 heteroatoms. The molecule has 1 saturated heterocycles. The maximum Gasteiger partial charge on any atom is 0.309 e. The van der Waals surface area contributed by atoms with Gasteiger partial charge in [0.05, 0.1) is 25.6 Å². The van der Waals surface area contributed by atoms with Crippen LogP contribution in [0.15, 0.2) is 24.3 Å². The van der Waals surface area contributed by atoms with Gasteiger partial charge in [0.25, 0.3) is 0 Å². The molecule has 0 aromatic heterocycles. The lowest BCUT2D eigenvalue weighted by molar-refractivity contribution is -0.149. The van der Waals surface area contributed by atoms with Gasteiger partial charge < -0.3 is 15.0 Å². The number of nitrogens with zero attached hydrogens (tertiary/aromatic N) is 2. The van der Waals surface area contributed by atoms with Gasteiger partial charge in [-0.1, -0.05) is 25.1 Å². The predicted octanol–water partition coefficient (Wildman–Crippen LogP) is 1.92. The number of amides is 2. The molecule has 7 nitrogen and oxygen atoms in total. The van der Waals surface area contributed by atoms with Crippen LogP contribution in [0.25, 0.3) is 0 Å². The molecule has 1 fully saturated rings. The number of aryl methyl sites for hydroxylation is 1. The maximum atomic E-state index is 12.5. The lowest BCUT2D eigenvalue weighted by Crippen LogP contribution is -2.45. The van der Waals surface area contributed by atoms with Crippen molar-refractivity contribution < 1.29 is 19.1 Å². The van der Waals surface area contributed by atoms with E-state index in [4.69, 9.17) is 4.74 Å². The van der Waals surface area contributed by atoms with Gasteiger partial charge in [0.15, 0.2) is 0 Å². The average Bonchev–Trinajstić information content (AvgIpc) is 2.69. The molecular weight excluding hydrogens is 358 g/mol. The van der Waals surface area contributed by atoms with E-state index >= 15 is 0 Å². The summed E-state index contributed by atoms with van der Waals surface area (Å²) in [6.45, 7) is 5.86. The highest BCUT2D eigenvalue weighted by Gasteiger charge is 2.27. The Morgan fingerprint density at radius 2 is 1.86 bits per heavy atom. The van der Waals surface area contributed by atoms with Gasteiger partial charge in [-0.25, -0.2) is 0 Å². The number of likely N-dealkylation sites (tertiary alicyclic amines) is 1. The Labute approximate surface area is 167 Å². The van der Waals surface area contributed by atoms with Crippen LogP contribution in [0.1, 0.15) is 32.3 Å². The number of esters is 1. The summed E-state index contributed by atoms with van der Waals surface area (Å²) in [6.07, 6.45) is 2.22. The summed E-state index contributed by atoms with van der Waals surface area (Å²) < 4.78 is 5.07. The molecule has 0 bridgehead atoms. The molecule has 154 valence electrons. The number of hydrogen-bond donors (Lipinski definition) is 1. The Morgan fingerprint density at radius 3 is 2.50 bits per heavy atom. The number of carbonyl (C=O) groups is 3. The summed E-state index contributed by atoms with van der Waals surface area (Å²) in [5.41, 5.74) is 1.85. The normalized spacial score (nSPS) is 15.1. The molecule has 0 unspecified atom stereocenters. The molecule has 28 heavy (non-hydrogen) atoms. The topological polar surface area (TPSA) is 79.0 Å². The minimum absolute atomic E-state index is 0.0101. The van der Waals surface area contributed by atoms with E-state index in [1.54, 1.807) is 14.0 Å². The highest BCUT2D eigenvalue weighted by molar-refractivity contribution is 5.95. The van der Waals surface area contributed by atoms with E-state index in [-0.39, 0.29) is 36.8 Å². The Hall–Kier alpha value is -2.41. The second kappa shape index (κ2) is 10.8. The molecule has 2 amide bonds. The standard InChI is InChI=1S/C21H31N3O4/c1-4-16-8-6-7-9-18(16)22-19(25)14-23(3)20(26)15-24-12-10-17(11-13-24)21(27)28-5-2/h6-9,17H,4-5,10-15H2,1-3H3,(H,22,25). The van der Waals surface area contributed by atoms with Crippen molar-refractivity contribution in [2.75, 3.05) is 45.2 Å². The lowest BCUT2D eigenvalue weighted by atomic mass is 9.97. The summed E-state index contributed by atoms with van der Waals surface area (Å²) in [5.74, 6) is -0.533. The molecule has 0 spiro atoms. The number of benzene rings is 1. The van der Waals surface area contributed by atoms with E-state index in [2.05, 4.69) is 5.32 Å². The van der Waals surface area contributed by atoms with Gasteiger partial charge in [-0.15, -0.1) is 0 Å². The first-order valence-corrected chi connectivity index (χ1v) is 9.95. The lowest BCUT2D eigenvalue weighted by Gasteiger charge is -2.31. The summed E-state index contributed by atoms with van der Waals surface area (Å²) in [7, 11) is 1.64. The van der Waals surface area contributed by atoms with Crippen molar-refractivity contribution in [1.82, 2.24) is 9.80 Å². The number of piperidine rings is 1. The Kier molecular flexibility index (Phi) is 8.44. The monoisotopic (exact) mass is 389 g/mol. The van der Waals surface area contributed by atoms with Crippen LogP contribution in [-0.4, -0.2) is 67.4 Å². The SMILES string of the molecule is CCOC(=O)C1CCN(CC(=O)N(C)CC(=O)Nc2ccccc2CC)CC1. The molecule has 1 aliphatic heterocycles. The zero-order chi connectivity index (χ0) is 20.5. The van der Waals surface area contributed by atoms with Crippen LogP contribution in [0.3, 0.4) is 0 Å². The molecular formula is C21H31N3O4. The Morgan fingerprint density at radius 1 is 1.18 bits per heavy atom. The first-order valence-electron chi connectivity index (χ1n) is 9.95. The zero-order valence-corrected chi connectivity index (χ0v) is 17.1. The van der Waals surface area contributed by atoms with Crippen LogP contribution in [0.2, 0.25) is 0 Å². The van der Waals surface area contributed by atoms with Crippen molar-refractivity contribution in [2.45, 2.75) is 33.1 Å². The zero-order valence-electron chi connectivity index (χ0n) is 17.1. The average molecular weight is 389 g/mol. The van der Waals surface area contributed by atoms with Crippen LogP contribution in [0.4, 0.5) is 5.69 Å². The van der Waals surface area contributed by atoms with Crippen molar-refractivity contribution >= 4 is 23.5 Å². The van der Waals surface area contributed by atoms with Gasteiger partial charge >= 0.3 is 5.97 Å². The van der Waals surface area contributed by atoms with Crippen LogP contribution in [0.5, 0.6) is 0 Å². The maximum absolute atomic E-state index is 12.5. The number of para-hydroxylation sites is 1. The molecule has 1 aliphatic rings. The van der Waals surface area contributed by atoms with E-state index in [0.29, 0.717) is 32.5 Å². The van der Waals surface area contributed by atoms with Crippen LogP contribution in [0, 0.1) is 5.92 Å². The number of ether oxygens (including phenoxy) is 1. The Balaban J connectivity index is 1.77. The first kappa shape index (κ1) is 21.9. The molecule has 0 radical (unpaired) electrons. The van der Waals surface area contributed by atoms with E-state index < -0.39 is 0 Å². The van der Waals surface area contributed by atoms with Gasteiger partial charge in [-0.05, 0) is 50.9 Å². The quantitative estimate of drug-likeness (QED) is 0.687. The van der Waals surface area contributed by atoms with Gasteiger partial charge in [0, 0.05) is 12.7 Å². The second-order valence-corrected chi connectivity index (χ2v) is 7.11. The summed E-state index contributed by atoms with van der Waals surface area (Å²) in [5, 5.41) is 2.88. The minimum atomic E-state index is -0.210. The number of anilines is 1. The van der Waals surface area contributed by atoms with Crippen molar-refractivity contribution in [3.05, 3.63) is 29.8 Å². The molecule has 0 aliphatic carbocycles. The molecule has 1 heterocycles. The van der Waals surface area contributed by atoms with E-state index in [1.165, 1.54) is 4.90 Å². The summed E-state index contributed by atoms with van der Waals surface area (Å²) >= 11 is 0. The van der Waals surface area contributed by atoms with E-state index in [0.717, 1.165) is 17.7 Å². The Bertz CT molecular complexity index is 684. The van der Waals surface area contributed by atoms with Gasteiger partial charge in [-0.2, -0.15) is 0 Å². The predicted molar refractivity (Wildman–Crippen MR) is 108 cm³/mol. The second-order valence-electron chi connectivity index (χ2n) is 7.11.